The Kier molecular flexibility index (Phi) is 5.80. The Balaban J connectivity index is 1.31. The Bertz CT molecular complexity index is 3110. The van der Waals surface area contributed by atoms with Crippen LogP contribution in [-0.2, 0) is 0 Å². The molecule has 0 unspecified atom stereocenters. The van der Waals surface area contributed by atoms with Crippen LogP contribution in [0.15, 0.2) is 224 Å². The van der Waals surface area contributed by atoms with E-state index in [2.05, 4.69) is 0 Å². The molecule has 0 aromatic heterocycles. The summed E-state index contributed by atoms with van der Waals surface area (Å²) in [5, 5.41) is 1.40. The van der Waals surface area contributed by atoms with Crippen LogP contribution in [0.5, 0.6) is 0 Å². The second kappa shape index (κ2) is 14.3. The maximum absolute atomic E-state index is 9.80. The first-order valence-corrected chi connectivity index (χ1v) is 17.2. The van der Waals surface area contributed by atoms with E-state index in [9.17, 15) is 13.7 Å². The van der Waals surface area contributed by atoms with Crippen LogP contribution in [0.2, 0.25) is 0 Å². The average Bonchev–Trinajstić information content (AvgIpc) is 3.33. The number of anilines is 3. The third kappa shape index (κ3) is 6.65. The lowest BCUT2D eigenvalue weighted by molar-refractivity contribution is 1.28. The average molecular weight is 688 g/mol. The van der Waals surface area contributed by atoms with Crippen LogP contribution in [0.4, 0.5) is 17.1 Å². The topological polar surface area (TPSA) is 3.24 Å². The van der Waals surface area contributed by atoms with Crippen molar-refractivity contribution in [2.75, 3.05) is 4.90 Å². The van der Waals surface area contributed by atoms with Crippen molar-refractivity contribution in [1.29, 1.82) is 0 Å². The first-order chi connectivity index (χ1) is 31.3. The lowest BCUT2D eigenvalue weighted by Crippen LogP contribution is -2.10. The molecular formula is C52H37N. The maximum atomic E-state index is 9.80. The molecule has 0 atom stereocenters. The number of hydrogen-bond donors (Lipinski definition) is 0. The summed E-state index contributed by atoms with van der Waals surface area (Å²) in [6, 6.07) is 38.7. The normalized spacial score (nSPS) is 14.2. The molecule has 0 aliphatic carbocycles. The van der Waals surface area contributed by atoms with Gasteiger partial charge in [0.2, 0.25) is 0 Å². The van der Waals surface area contributed by atoms with Gasteiger partial charge in [-0.1, -0.05) is 188 Å². The van der Waals surface area contributed by atoms with Crippen LogP contribution >= 0.6 is 0 Å². The van der Waals surface area contributed by atoms with Crippen molar-refractivity contribution in [3.05, 3.63) is 224 Å². The smallest absolute Gasteiger partial charge is 0.0651 e. The van der Waals surface area contributed by atoms with E-state index >= 15 is 0 Å². The SMILES string of the molecule is [2H]c1c([2H])c(-c2cccc3ccccc23)c([2H])c(N(c2c([2H])c([2H])c(-c3ccc(-c4ccccc4)cc3)c([2H])c2[2H])c2c([2H])c([2H])c(-c3ccc(-c4ccccc4)cc3)c([2H])c2[2H])c1[2H]. The van der Waals surface area contributed by atoms with Gasteiger partial charge in [0.1, 0.15) is 0 Å². The number of nitrogens with zero attached hydrogens (tertiary/aromatic N) is 1. The second-order valence-corrected chi connectivity index (χ2v) is 12.4. The fourth-order valence-electron chi connectivity index (χ4n) is 6.40. The van der Waals surface area contributed by atoms with Gasteiger partial charge in [-0.05, 0) is 103 Å². The number of rotatable bonds is 8. The van der Waals surface area contributed by atoms with Crippen LogP contribution in [0, 0.1) is 0 Å². The van der Waals surface area contributed by atoms with Gasteiger partial charge >= 0.3 is 0 Å². The third-order valence-corrected chi connectivity index (χ3v) is 9.13. The molecule has 0 aliphatic heterocycles. The molecule has 9 aromatic rings. The predicted octanol–water partition coefficient (Wildman–Crippen LogP) is 14.6. The van der Waals surface area contributed by atoms with Crippen LogP contribution in [0.3, 0.4) is 0 Å². The quantitative estimate of drug-likeness (QED) is 0.154. The molecule has 250 valence electrons. The van der Waals surface area contributed by atoms with Crippen LogP contribution in [0.25, 0.3) is 66.4 Å². The van der Waals surface area contributed by atoms with E-state index in [0.29, 0.717) is 22.1 Å². The van der Waals surface area contributed by atoms with E-state index in [1.807, 2.05) is 103 Å². The van der Waals surface area contributed by atoms with Gasteiger partial charge in [0.15, 0.2) is 0 Å². The minimum atomic E-state index is -0.723. The maximum Gasteiger partial charge on any atom is 0.0651 e. The minimum absolute atomic E-state index is 0.0477. The van der Waals surface area contributed by atoms with Crippen molar-refractivity contribution in [2.45, 2.75) is 0 Å². The third-order valence-electron chi connectivity index (χ3n) is 9.13. The highest BCUT2D eigenvalue weighted by atomic mass is 15.1. The van der Waals surface area contributed by atoms with Gasteiger partial charge < -0.3 is 4.90 Å². The zero-order chi connectivity index (χ0) is 45.8. The summed E-state index contributed by atoms with van der Waals surface area (Å²) in [6.07, 6.45) is 0. The molecule has 0 radical (unpaired) electrons. The van der Waals surface area contributed by atoms with Crippen molar-refractivity contribution in [2.24, 2.45) is 0 Å². The summed E-state index contributed by atoms with van der Waals surface area (Å²) in [5.41, 5.74) is 2.90. The molecule has 1 heteroatoms. The molecule has 9 rings (SSSR count). The predicted molar refractivity (Wildman–Crippen MR) is 226 cm³/mol. The Hall–Kier alpha value is -6.96. The van der Waals surface area contributed by atoms with E-state index in [-0.39, 0.29) is 16.7 Å². The van der Waals surface area contributed by atoms with E-state index < -0.39 is 89.6 Å². The van der Waals surface area contributed by atoms with Crippen molar-refractivity contribution in [3.8, 4) is 55.6 Å². The van der Waals surface area contributed by atoms with E-state index in [0.717, 1.165) is 32.5 Å². The molecule has 0 fully saturated rings. The molecule has 0 spiro atoms. The Morgan fingerprint density at radius 2 is 0.736 bits per heavy atom. The lowest BCUT2D eigenvalue weighted by Gasteiger charge is -2.26. The summed E-state index contributed by atoms with van der Waals surface area (Å²) < 4.78 is 113. The number of benzene rings is 9. The molecule has 0 amide bonds. The first-order valence-electron chi connectivity index (χ1n) is 23.2. The van der Waals surface area contributed by atoms with Gasteiger partial charge in [-0.15, -0.1) is 0 Å². The highest BCUT2D eigenvalue weighted by molar-refractivity contribution is 5.97. The van der Waals surface area contributed by atoms with Crippen molar-refractivity contribution >= 4 is 27.8 Å². The lowest BCUT2D eigenvalue weighted by atomic mass is 9.97. The Labute approximate surface area is 328 Å². The van der Waals surface area contributed by atoms with Crippen molar-refractivity contribution < 1.29 is 16.4 Å². The van der Waals surface area contributed by atoms with Gasteiger partial charge in [0.25, 0.3) is 0 Å². The fourth-order valence-corrected chi connectivity index (χ4v) is 6.40. The minimum Gasteiger partial charge on any atom is -0.310 e. The monoisotopic (exact) mass is 687 g/mol. The Morgan fingerprint density at radius 1 is 0.302 bits per heavy atom. The van der Waals surface area contributed by atoms with E-state index in [1.165, 1.54) is 0 Å². The molecule has 53 heavy (non-hydrogen) atoms. The molecule has 0 saturated heterocycles. The van der Waals surface area contributed by atoms with E-state index in [4.69, 9.17) is 2.74 Å². The zero-order valence-electron chi connectivity index (χ0n) is 40.4. The molecule has 0 bridgehead atoms. The van der Waals surface area contributed by atoms with Gasteiger partial charge in [-0.25, -0.2) is 0 Å². The number of hydrogen-bond acceptors (Lipinski definition) is 1. The highest BCUT2D eigenvalue weighted by Gasteiger charge is 2.15. The van der Waals surface area contributed by atoms with Gasteiger partial charge in [0.05, 0.1) is 16.4 Å². The second-order valence-electron chi connectivity index (χ2n) is 12.4. The highest BCUT2D eigenvalue weighted by Crippen LogP contribution is 2.39. The fraction of sp³-hybridized carbons (Fsp3) is 0. The van der Waals surface area contributed by atoms with Crippen LogP contribution < -0.4 is 4.90 Å². The largest absolute Gasteiger partial charge is 0.310 e. The molecule has 0 N–H and O–H groups in total. The van der Waals surface area contributed by atoms with Gasteiger partial charge in [0, 0.05) is 17.1 Å². The zero-order valence-corrected chi connectivity index (χ0v) is 28.4. The van der Waals surface area contributed by atoms with Crippen molar-refractivity contribution in [3.63, 3.8) is 0 Å². The standard InChI is InChI=1S/C52H37N/c1-3-11-38(12-4-1)40-21-25-42(26-22-40)44-29-33-48(34-30-44)53(50-18-9-17-47(37-50)52-20-10-16-46-15-7-8-19-51(46)52)49-35-31-45(32-36-49)43-27-23-41(24-28-43)39-13-5-2-6-14-39/h1-37H/i9D,17D,18D,29D,30D,31D,32D,33D,34D,35D,36D,37D. The summed E-state index contributed by atoms with van der Waals surface area (Å²) in [5.74, 6) is 0. The Morgan fingerprint density at radius 3 is 1.26 bits per heavy atom. The molecule has 9 aromatic carbocycles. The molecule has 1 nitrogen and oxygen atoms in total. The summed E-state index contributed by atoms with van der Waals surface area (Å²) in [4.78, 5) is 0.892. The van der Waals surface area contributed by atoms with Gasteiger partial charge in [-0.3, -0.25) is 0 Å². The molecular weight excluding hydrogens is 639 g/mol. The first kappa shape index (κ1) is 21.4. The van der Waals surface area contributed by atoms with Gasteiger partial charge in [-0.2, -0.15) is 0 Å². The van der Waals surface area contributed by atoms with Crippen LogP contribution in [0.1, 0.15) is 16.4 Å². The molecule has 0 heterocycles. The molecule has 0 saturated carbocycles. The van der Waals surface area contributed by atoms with Crippen LogP contribution in [-0.4, -0.2) is 0 Å². The summed E-state index contributed by atoms with van der Waals surface area (Å²) >= 11 is 0. The van der Waals surface area contributed by atoms with E-state index in [1.54, 1.807) is 48.5 Å². The summed E-state index contributed by atoms with van der Waals surface area (Å²) in [7, 11) is 0. The summed E-state index contributed by atoms with van der Waals surface area (Å²) in [6.45, 7) is 0. The molecule has 0 aliphatic rings. The van der Waals surface area contributed by atoms with Crippen molar-refractivity contribution in [1.82, 2.24) is 0 Å². The number of fused-ring (bicyclic) bond motifs is 1.